The molecular weight excluding hydrogens is 519 g/mol. The van der Waals surface area contributed by atoms with Crippen molar-refractivity contribution < 1.29 is 33.3 Å². The van der Waals surface area contributed by atoms with Gasteiger partial charge in [0.05, 0.1) is 41.7 Å². The number of fused-ring (bicyclic) bond motifs is 1. The number of hydrogen-bond acceptors (Lipinski definition) is 7. The third kappa shape index (κ3) is 5.39. The van der Waals surface area contributed by atoms with Crippen LogP contribution >= 0.6 is 11.6 Å². The predicted octanol–water partition coefficient (Wildman–Crippen LogP) is 3.15. The number of nitrogens with one attached hydrogen (secondary N) is 1. The van der Waals surface area contributed by atoms with Crippen LogP contribution in [0, 0.1) is 5.82 Å². The van der Waals surface area contributed by atoms with Gasteiger partial charge in [0.15, 0.2) is 24.3 Å². The molecule has 202 valence electrons. The monoisotopic (exact) mass is 546 g/mol. The summed E-state index contributed by atoms with van der Waals surface area (Å²) in [6.07, 6.45) is 1.02. The summed E-state index contributed by atoms with van der Waals surface area (Å²) in [6, 6.07) is 6.44. The number of carbonyl (C=O) groups excluding carboxylic acids is 2. The SMILES string of the molecule is COc1cccc(F)c1COc1cc(N2C(=O)NC3C(C)=CC(CO)=NC32)c(Cl)cc1OCC(=O)N(C)C. The summed E-state index contributed by atoms with van der Waals surface area (Å²) in [5, 5.41) is 12.7. The number of nitrogens with zero attached hydrogens (tertiary/aromatic N) is 3. The van der Waals surface area contributed by atoms with Gasteiger partial charge in [0.1, 0.15) is 18.2 Å². The van der Waals surface area contributed by atoms with E-state index in [1.807, 2.05) is 6.92 Å². The second-order valence-corrected chi connectivity index (χ2v) is 9.32. The molecule has 2 heterocycles. The molecule has 1 saturated heterocycles. The molecule has 0 bridgehead atoms. The van der Waals surface area contributed by atoms with Crippen molar-refractivity contribution in [2.75, 3.05) is 39.3 Å². The van der Waals surface area contributed by atoms with Gasteiger partial charge in [-0.3, -0.25) is 14.7 Å². The van der Waals surface area contributed by atoms with Crippen LogP contribution in [0.2, 0.25) is 5.02 Å². The molecule has 2 aliphatic heterocycles. The summed E-state index contributed by atoms with van der Waals surface area (Å²) in [5.41, 5.74) is 1.68. The van der Waals surface area contributed by atoms with E-state index in [2.05, 4.69) is 10.3 Å². The van der Waals surface area contributed by atoms with Gasteiger partial charge in [0, 0.05) is 26.2 Å². The highest BCUT2D eigenvalue weighted by Gasteiger charge is 2.43. The standard InChI is InChI=1S/C26H28ClFN4O6/c1-14-8-15(11-33)29-25-24(14)30-26(35)32(25)19-10-22(21(9-17(19)27)38-13-23(34)31(2)3)37-12-16-18(28)6-5-7-20(16)36-4/h5-10,24-25,33H,11-13H2,1-4H3,(H,30,35). The summed E-state index contributed by atoms with van der Waals surface area (Å²) < 4.78 is 31.5. The summed E-state index contributed by atoms with van der Waals surface area (Å²) >= 11 is 6.61. The van der Waals surface area contributed by atoms with Crippen LogP contribution in [0.3, 0.4) is 0 Å². The Morgan fingerprint density at radius 2 is 1.97 bits per heavy atom. The minimum atomic E-state index is -0.700. The molecule has 3 amide bonds. The van der Waals surface area contributed by atoms with E-state index in [0.29, 0.717) is 11.5 Å². The lowest BCUT2D eigenvalue weighted by Crippen LogP contribution is -2.39. The highest BCUT2D eigenvalue weighted by Crippen LogP contribution is 2.42. The number of likely N-dealkylation sites (N-methyl/N-ethyl adjacent to an activating group) is 1. The van der Waals surface area contributed by atoms with Gasteiger partial charge in [-0.15, -0.1) is 0 Å². The van der Waals surface area contributed by atoms with Crippen molar-refractivity contribution in [1.82, 2.24) is 10.2 Å². The molecule has 2 aliphatic rings. The average molecular weight is 547 g/mol. The van der Waals surface area contributed by atoms with Crippen molar-refractivity contribution in [3.63, 3.8) is 0 Å². The first-order valence-electron chi connectivity index (χ1n) is 11.7. The van der Waals surface area contributed by atoms with E-state index in [4.69, 9.17) is 25.8 Å². The van der Waals surface area contributed by atoms with E-state index < -0.39 is 24.1 Å². The van der Waals surface area contributed by atoms with Crippen LogP contribution in [0.25, 0.3) is 0 Å². The van der Waals surface area contributed by atoms with Crippen molar-refractivity contribution >= 4 is 34.9 Å². The maximum atomic E-state index is 14.6. The fraction of sp³-hybridized carbons (Fsp3) is 0.346. The Kier molecular flexibility index (Phi) is 8.08. The summed E-state index contributed by atoms with van der Waals surface area (Å²) in [5.74, 6) is -0.293. The van der Waals surface area contributed by atoms with Crippen LogP contribution < -0.4 is 24.4 Å². The molecule has 10 nitrogen and oxygen atoms in total. The molecule has 38 heavy (non-hydrogen) atoms. The van der Waals surface area contributed by atoms with Crippen LogP contribution in [0.15, 0.2) is 47.0 Å². The van der Waals surface area contributed by atoms with Crippen LogP contribution in [-0.2, 0) is 11.4 Å². The van der Waals surface area contributed by atoms with E-state index >= 15 is 0 Å². The Balaban J connectivity index is 1.72. The molecule has 2 aromatic rings. The number of carbonyl (C=O) groups is 2. The van der Waals surface area contributed by atoms with Gasteiger partial charge >= 0.3 is 6.03 Å². The minimum Gasteiger partial charge on any atom is -0.496 e. The number of aliphatic hydroxyl groups excluding tert-OH is 1. The summed E-state index contributed by atoms with van der Waals surface area (Å²) in [6.45, 7) is 1.01. The Morgan fingerprint density at radius 1 is 1.24 bits per heavy atom. The number of urea groups is 1. The number of methoxy groups -OCH3 is 1. The molecule has 12 heteroatoms. The molecule has 0 aromatic heterocycles. The molecule has 0 radical (unpaired) electrons. The number of benzene rings is 2. The molecule has 0 aliphatic carbocycles. The molecule has 4 rings (SSSR count). The fourth-order valence-corrected chi connectivity index (χ4v) is 4.39. The zero-order valence-corrected chi connectivity index (χ0v) is 22.1. The topological polar surface area (TPSA) is 113 Å². The number of aliphatic imine (C=N–C) groups is 1. The molecule has 2 N–H and O–H groups in total. The number of dihydropyridines is 1. The lowest BCUT2D eigenvalue weighted by atomic mass is 10.0. The van der Waals surface area contributed by atoms with Crippen molar-refractivity contribution in [3.05, 3.63) is 58.4 Å². The molecule has 2 atom stereocenters. The van der Waals surface area contributed by atoms with Gasteiger partial charge in [-0.05, 0) is 30.7 Å². The zero-order valence-electron chi connectivity index (χ0n) is 21.3. The van der Waals surface area contributed by atoms with Gasteiger partial charge in [-0.2, -0.15) is 0 Å². The summed E-state index contributed by atoms with van der Waals surface area (Å²) in [7, 11) is 4.60. The number of amides is 3. The Hall–Kier alpha value is -3.83. The first-order valence-corrected chi connectivity index (χ1v) is 12.1. The van der Waals surface area contributed by atoms with Crippen molar-refractivity contribution in [2.24, 2.45) is 4.99 Å². The Labute approximate surface area is 224 Å². The first-order chi connectivity index (χ1) is 18.1. The number of halogens is 2. The maximum absolute atomic E-state index is 14.6. The van der Waals surface area contributed by atoms with E-state index in [1.165, 1.54) is 41.2 Å². The second kappa shape index (κ2) is 11.3. The van der Waals surface area contributed by atoms with Crippen molar-refractivity contribution in [2.45, 2.75) is 25.7 Å². The first kappa shape index (κ1) is 27.2. The molecule has 2 unspecified atom stereocenters. The molecule has 0 spiro atoms. The van der Waals surface area contributed by atoms with E-state index in [0.717, 1.165) is 5.57 Å². The maximum Gasteiger partial charge on any atom is 0.324 e. The minimum absolute atomic E-state index is 0.118. The summed E-state index contributed by atoms with van der Waals surface area (Å²) in [4.78, 5) is 32.4. The van der Waals surface area contributed by atoms with Crippen LogP contribution in [0.1, 0.15) is 12.5 Å². The smallest absolute Gasteiger partial charge is 0.324 e. The van der Waals surface area contributed by atoms with Crippen LogP contribution in [0.4, 0.5) is 14.9 Å². The molecule has 2 aromatic carbocycles. The lowest BCUT2D eigenvalue weighted by molar-refractivity contribution is -0.130. The fourth-order valence-electron chi connectivity index (χ4n) is 4.15. The highest BCUT2D eigenvalue weighted by molar-refractivity contribution is 6.34. The van der Waals surface area contributed by atoms with E-state index in [1.54, 1.807) is 26.2 Å². The van der Waals surface area contributed by atoms with Crippen molar-refractivity contribution in [1.29, 1.82) is 0 Å². The quantitative estimate of drug-likeness (QED) is 0.500. The van der Waals surface area contributed by atoms with Gasteiger partial charge in [-0.25, -0.2) is 9.18 Å². The van der Waals surface area contributed by atoms with Gasteiger partial charge < -0.3 is 29.5 Å². The number of aliphatic hydroxyl groups is 1. The lowest BCUT2D eigenvalue weighted by Gasteiger charge is -2.28. The molecular formula is C26H28ClFN4O6. The van der Waals surface area contributed by atoms with E-state index in [9.17, 15) is 19.1 Å². The number of ether oxygens (including phenoxy) is 3. The average Bonchev–Trinajstić information content (AvgIpc) is 3.22. The predicted molar refractivity (Wildman–Crippen MR) is 140 cm³/mol. The third-order valence-corrected chi connectivity index (χ3v) is 6.50. The third-order valence-electron chi connectivity index (χ3n) is 6.20. The van der Waals surface area contributed by atoms with Crippen LogP contribution in [0.5, 0.6) is 17.2 Å². The molecule has 0 saturated carbocycles. The largest absolute Gasteiger partial charge is 0.496 e. The van der Waals surface area contributed by atoms with Crippen LogP contribution in [-0.4, -0.2) is 74.3 Å². The van der Waals surface area contributed by atoms with E-state index in [-0.39, 0.29) is 53.5 Å². The second-order valence-electron chi connectivity index (χ2n) is 8.91. The Morgan fingerprint density at radius 3 is 2.66 bits per heavy atom. The van der Waals surface area contributed by atoms with Crippen molar-refractivity contribution in [3.8, 4) is 17.2 Å². The van der Waals surface area contributed by atoms with Gasteiger partial charge in [-0.1, -0.05) is 17.7 Å². The number of anilines is 1. The number of hydrogen-bond donors (Lipinski definition) is 2. The number of rotatable bonds is 9. The van der Waals surface area contributed by atoms with Gasteiger partial charge in [0.2, 0.25) is 0 Å². The zero-order chi connectivity index (χ0) is 27.6. The Bertz CT molecular complexity index is 1310. The molecule has 1 fully saturated rings. The van der Waals surface area contributed by atoms with Gasteiger partial charge in [0.25, 0.3) is 5.91 Å². The highest BCUT2D eigenvalue weighted by atomic mass is 35.5. The normalized spacial score (nSPS) is 18.3.